The van der Waals surface area contributed by atoms with Gasteiger partial charge in [0.05, 0.1) is 12.9 Å². The maximum Gasteiger partial charge on any atom is 0.159 e. The molecule has 2 rings (SSSR count). The molecule has 0 amide bonds. The third-order valence-corrected chi connectivity index (χ3v) is 2.35. The van der Waals surface area contributed by atoms with Gasteiger partial charge in [-0.25, -0.2) is 0 Å². The van der Waals surface area contributed by atoms with E-state index >= 15 is 0 Å². The summed E-state index contributed by atoms with van der Waals surface area (Å²) in [5, 5.41) is 0. The zero-order valence-corrected chi connectivity index (χ0v) is 6.46. The molecule has 1 unspecified atom stereocenters. The van der Waals surface area contributed by atoms with E-state index in [4.69, 9.17) is 4.74 Å². The van der Waals surface area contributed by atoms with Crippen molar-refractivity contribution in [3.63, 3.8) is 0 Å². The van der Waals surface area contributed by atoms with Crippen LogP contribution >= 0.6 is 0 Å². The molecule has 0 aromatic heterocycles. The maximum atomic E-state index is 10.9. The predicted octanol–water partition coefficient (Wildman–Crippen LogP) is 1.44. The van der Waals surface area contributed by atoms with Crippen LogP contribution in [0.1, 0.15) is 12.8 Å². The molecule has 58 valence electrons. The number of hydrogen-bond acceptors (Lipinski definition) is 2. The van der Waals surface area contributed by atoms with Crippen LogP contribution in [0.15, 0.2) is 23.5 Å². The van der Waals surface area contributed by atoms with E-state index in [-0.39, 0.29) is 0 Å². The first-order chi connectivity index (χ1) is 5.31. The van der Waals surface area contributed by atoms with Crippen molar-refractivity contribution in [3.8, 4) is 0 Å². The third-order valence-electron chi connectivity index (χ3n) is 2.35. The average molecular weight is 150 g/mol. The molecule has 1 atom stereocenters. The Bertz CT molecular complexity index is 261. The summed E-state index contributed by atoms with van der Waals surface area (Å²) in [6.45, 7) is 0. The van der Waals surface area contributed by atoms with Crippen LogP contribution in [0.3, 0.4) is 0 Å². The minimum atomic E-state index is 0.307. The summed E-state index contributed by atoms with van der Waals surface area (Å²) in [6, 6.07) is 0. The van der Waals surface area contributed by atoms with E-state index in [0.717, 1.165) is 17.8 Å². The quantitative estimate of drug-likeness (QED) is 0.565. The Morgan fingerprint density at radius 1 is 1.45 bits per heavy atom. The number of allylic oxidation sites excluding steroid dienone is 4. The number of carbonyl (C=O) groups excluding carboxylic acids is 1. The fraction of sp³-hybridized carbons (Fsp3) is 0.444. The summed E-state index contributed by atoms with van der Waals surface area (Å²) in [4.78, 5) is 10.9. The van der Waals surface area contributed by atoms with Crippen LogP contribution in [0.5, 0.6) is 0 Å². The molecule has 11 heavy (non-hydrogen) atoms. The molecule has 1 fully saturated rings. The summed E-state index contributed by atoms with van der Waals surface area (Å²) < 4.78 is 5.08. The molecule has 2 nitrogen and oxygen atoms in total. The molecular formula is C9H10O2. The Morgan fingerprint density at radius 3 is 2.82 bits per heavy atom. The van der Waals surface area contributed by atoms with Crippen LogP contribution in [-0.4, -0.2) is 12.9 Å². The Kier molecular flexibility index (Phi) is 1.34. The molecule has 2 aliphatic carbocycles. The van der Waals surface area contributed by atoms with Crippen LogP contribution < -0.4 is 0 Å². The van der Waals surface area contributed by atoms with Crippen LogP contribution in [0.25, 0.3) is 0 Å². The number of ketones is 1. The first-order valence-corrected chi connectivity index (χ1v) is 3.79. The van der Waals surface area contributed by atoms with Gasteiger partial charge in [-0.05, 0) is 11.6 Å². The topological polar surface area (TPSA) is 26.3 Å². The van der Waals surface area contributed by atoms with Gasteiger partial charge in [0.1, 0.15) is 0 Å². The maximum absolute atomic E-state index is 10.9. The molecule has 0 aliphatic heterocycles. The van der Waals surface area contributed by atoms with E-state index in [0.29, 0.717) is 18.1 Å². The highest BCUT2D eigenvalue weighted by Gasteiger charge is 2.35. The molecule has 1 saturated carbocycles. The standard InChI is InChI=1S/C9H10O2/c1-11-7-2-3-8-6(4-7)5-9(8)10/h2-3,6H,4-5H2,1H3. The van der Waals surface area contributed by atoms with Crippen molar-refractivity contribution in [2.75, 3.05) is 7.11 Å². The summed E-state index contributed by atoms with van der Waals surface area (Å²) in [7, 11) is 1.67. The highest BCUT2D eigenvalue weighted by molar-refractivity contribution is 6.03. The monoisotopic (exact) mass is 150 g/mol. The van der Waals surface area contributed by atoms with Crippen LogP contribution in [-0.2, 0) is 9.53 Å². The molecular weight excluding hydrogens is 140 g/mol. The predicted molar refractivity (Wildman–Crippen MR) is 40.9 cm³/mol. The van der Waals surface area contributed by atoms with Gasteiger partial charge in [-0.2, -0.15) is 0 Å². The molecule has 0 spiro atoms. The molecule has 0 heterocycles. The molecule has 0 N–H and O–H groups in total. The zero-order chi connectivity index (χ0) is 7.84. The Hall–Kier alpha value is -1.05. The zero-order valence-electron chi connectivity index (χ0n) is 6.46. The third kappa shape index (κ3) is 0.897. The lowest BCUT2D eigenvalue weighted by molar-refractivity contribution is -0.120. The van der Waals surface area contributed by atoms with Gasteiger partial charge in [0.15, 0.2) is 5.78 Å². The number of methoxy groups -OCH3 is 1. The Morgan fingerprint density at radius 2 is 2.27 bits per heavy atom. The number of hydrogen-bond donors (Lipinski definition) is 0. The lowest BCUT2D eigenvalue weighted by Crippen LogP contribution is -2.29. The highest BCUT2D eigenvalue weighted by Crippen LogP contribution is 2.37. The first-order valence-electron chi connectivity index (χ1n) is 3.79. The second-order valence-corrected chi connectivity index (χ2v) is 2.99. The van der Waals surface area contributed by atoms with Crippen molar-refractivity contribution in [2.24, 2.45) is 5.92 Å². The van der Waals surface area contributed by atoms with Crippen molar-refractivity contribution in [2.45, 2.75) is 12.8 Å². The summed E-state index contributed by atoms with van der Waals surface area (Å²) in [5.74, 6) is 1.76. The van der Waals surface area contributed by atoms with Crippen LogP contribution in [0.4, 0.5) is 0 Å². The molecule has 0 bridgehead atoms. The van der Waals surface area contributed by atoms with E-state index in [1.807, 2.05) is 12.2 Å². The molecule has 0 radical (unpaired) electrons. The van der Waals surface area contributed by atoms with Gasteiger partial charge in [-0.15, -0.1) is 0 Å². The fourth-order valence-electron chi connectivity index (χ4n) is 1.60. The SMILES string of the molecule is COC1=CC=C2C(=O)CC2C1. The lowest BCUT2D eigenvalue weighted by atomic mass is 9.73. The molecule has 0 aromatic carbocycles. The van der Waals surface area contributed by atoms with Gasteiger partial charge in [-0.1, -0.05) is 6.08 Å². The van der Waals surface area contributed by atoms with E-state index in [1.165, 1.54) is 0 Å². The number of ether oxygens (including phenoxy) is 1. The Balaban J connectivity index is 2.20. The molecule has 0 aromatic rings. The minimum Gasteiger partial charge on any atom is -0.501 e. The fourth-order valence-corrected chi connectivity index (χ4v) is 1.60. The first kappa shape index (κ1) is 6.65. The van der Waals surface area contributed by atoms with Crippen molar-refractivity contribution < 1.29 is 9.53 Å². The summed E-state index contributed by atoms with van der Waals surface area (Å²) >= 11 is 0. The number of rotatable bonds is 1. The minimum absolute atomic E-state index is 0.307. The van der Waals surface area contributed by atoms with Crippen molar-refractivity contribution >= 4 is 5.78 Å². The van der Waals surface area contributed by atoms with Crippen molar-refractivity contribution in [3.05, 3.63) is 23.5 Å². The number of Topliss-reactive ketones (excluding diaryl/α,β-unsaturated/α-hetero) is 1. The van der Waals surface area contributed by atoms with Crippen LogP contribution in [0, 0.1) is 5.92 Å². The van der Waals surface area contributed by atoms with Crippen molar-refractivity contribution in [1.29, 1.82) is 0 Å². The highest BCUT2D eigenvalue weighted by atomic mass is 16.5. The number of carbonyl (C=O) groups is 1. The van der Waals surface area contributed by atoms with Crippen LogP contribution in [0.2, 0.25) is 0 Å². The summed E-state index contributed by atoms with van der Waals surface area (Å²) in [6.07, 6.45) is 5.41. The largest absolute Gasteiger partial charge is 0.501 e. The smallest absolute Gasteiger partial charge is 0.159 e. The van der Waals surface area contributed by atoms with E-state index in [1.54, 1.807) is 7.11 Å². The second kappa shape index (κ2) is 2.22. The Labute approximate surface area is 65.5 Å². The lowest BCUT2D eigenvalue weighted by Gasteiger charge is -2.30. The van der Waals surface area contributed by atoms with Gasteiger partial charge in [0.25, 0.3) is 0 Å². The van der Waals surface area contributed by atoms with Crippen molar-refractivity contribution in [1.82, 2.24) is 0 Å². The van der Waals surface area contributed by atoms with Gasteiger partial charge < -0.3 is 4.74 Å². The molecule has 0 saturated heterocycles. The van der Waals surface area contributed by atoms with Gasteiger partial charge in [0, 0.05) is 18.8 Å². The van der Waals surface area contributed by atoms with E-state index < -0.39 is 0 Å². The number of fused-ring (bicyclic) bond motifs is 1. The normalized spacial score (nSPS) is 28.1. The average Bonchev–Trinajstić information content (AvgIpc) is 2.02. The van der Waals surface area contributed by atoms with E-state index in [9.17, 15) is 4.79 Å². The molecule has 2 heteroatoms. The molecule has 2 aliphatic rings. The van der Waals surface area contributed by atoms with Gasteiger partial charge in [-0.3, -0.25) is 4.79 Å². The van der Waals surface area contributed by atoms with E-state index in [2.05, 4.69) is 0 Å². The second-order valence-electron chi connectivity index (χ2n) is 2.99. The summed E-state index contributed by atoms with van der Waals surface area (Å²) in [5.41, 5.74) is 0.991. The van der Waals surface area contributed by atoms with Gasteiger partial charge in [0.2, 0.25) is 0 Å². The van der Waals surface area contributed by atoms with Gasteiger partial charge >= 0.3 is 0 Å².